The summed E-state index contributed by atoms with van der Waals surface area (Å²) in [6.45, 7) is 2.85. The molecular weight excluding hydrogens is 323 g/mol. The Labute approximate surface area is 140 Å². The van der Waals surface area contributed by atoms with E-state index in [1.807, 2.05) is 6.92 Å². The van der Waals surface area contributed by atoms with Crippen molar-refractivity contribution in [2.24, 2.45) is 4.99 Å². The van der Waals surface area contributed by atoms with Gasteiger partial charge in [-0.1, -0.05) is 18.2 Å². The minimum absolute atomic E-state index is 0.189. The van der Waals surface area contributed by atoms with Gasteiger partial charge in [-0.15, -0.1) is 0 Å². The maximum absolute atomic E-state index is 12.3. The van der Waals surface area contributed by atoms with Crippen LogP contribution in [0, 0.1) is 0 Å². The van der Waals surface area contributed by atoms with E-state index >= 15 is 0 Å². The van der Waals surface area contributed by atoms with Crippen LogP contribution in [-0.4, -0.2) is 45.5 Å². The first-order valence-corrected chi connectivity index (χ1v) is 7.75. The van der Waals surface area contributed by atoms with Crippen LogP contribution in [0.5, 0.6) is 5.75 Å². The predicted molar refractivity (Wildman–Crippen MR) is 87.3 cm³/mol. The van der Waals surface area contributed by atoms with Gasteiger partial charge < -0.3 is 20.1 Å². The van der Waals surface area contributed by atoms with Crippen LogP contribution in [-0.2, 0) is 11.3 Å². The zero-order valence-electron chi connectivity index (χ0n) is 13.9. The average Bonchev–Trinajstić information content (AvgIpc) is 2.54. The lowest BCUT2D eigenvalue weighted by Crippen LogP contribution is -2.38. The van der Waals surface area contributed by atoms with Crippen molar-refractivity contribution in [3.8, 4) is 5.75 Å². The SMILES string of the molecule is CCNC(=NCc1ccccc1OCC(F)(F)F)NCCCOC. The Balaban J connectivity index is 2.67. The van der Waals surface area contributed by atoms with Crippen molar-refractivity contribution in [3.05, 3.63) is 29.8 Å². The van der Waals surface area contributed by atoms with Gasteiger partial charge in [0, 0.05) is 32.4 Å². The van der Waals surface area contributed by atoms with Crippen LogP contribution >= 0.6 is 0 Å². The first-order valence-electron chi connectivity index (χ1n) is 7.75. The van der Waals surface area contributed by atoms with Gasteiger partial charge in [0.25, 0.3) is 0 Å². The summed E-state index contributed by atoms with van der Waals surface area (Å²) < 4.78 is 46.8. The summed E-state index contributed by atoms with van der Waals surface area (Å²) in [5.41, 5.74) is 0.593. The zero-order chi connectivity index (χ0) is 17.8. The molecule has 0 atom stereocenters. The number of aliphatic imine (C=N–C) groups is 1. The van der Waals surface area contributed by atoms with Crippen LogP contribution < -0.4 is 15.4 Å². The Morgan fingerprint density at radius 3 is 2.62 bits per heavy atom. The number of methoxy groups -OCH3 is 1. The largest absolute Gasteiger partial charge is 0.484 e. The Kier molecular flexibility index (Phi) is 8.99. The van der Waals surface area contributed by atoms with Crippen molar-refractivity contribution < 1.29 is 22.6 Å². The van der Waals surface area contributed by atoms with Gasteiger partial charge in [-0.05, 0) is 19.4 Å². The molecule has 0 spiro atoms. The standard InChI is InChI=1S/C16H24F3N3O2/c1-3-20-15(21-9-6-10-23-2)22-11-13-7-4-5-8-14(13)24-12-16(17,18)19/h4-5,7-8H,3,6,9-12H2,1-2H3,(H2,20,21,22). The van der Waals surface area contributed by atoms with Crippen LogP contribution in [0.1, 0.15) is 18.9 Å². The van der Waals surface area contributed by atoms with Crippen LogP contribution in [0.4, 0.5) is 13.2 Å². The van der Waals surface area contributed by atoms with Gasteiger partial charge in [0.2, 0.25) is 0 Å². The van der Waals surface area contributed by atoms with Crippen LogP contribution in [0.15, 0.2) is 29.3 Å². The molecule has 0 unspecified atom stereocenters. The van der Waals surface area contributed by atoms with Crippen molar-refractivity contribution >= 4 is 5.96 Å². The number of para-hydroxylation sites is 1. The summed E-state index contributed by atoms with van der Waals surface area (Å²) >= 11 is 0. The molecule has 0 saturated heterocycles. The van der Waals surface area contributed by atoms with E-state index in [9.17, 15) is 13.2 Å². The third kappa shape index (κ3) is 8.61. The summed E-state index contributed by atoms with van der Waals surface area (Å²) in [6.07, 6.45) is -3.54. The minimum Gasteiger partial charge on any atom is -0.484 e. The lowest BCUT2D eigenvalue weighted by atomic mass is 10.2. The van der Waals surface area contributed by atoms with Crippen molar-refractivity contribution in [2.75, 3.05) is 33.4 Å². The molecule has 0 saturated carbocycles. The number of nitrogens with zero attached hydrogens (tertiary/aromatic N) is 1. The fourth-order valence-electron chi connectivity index (χ4n) is 1.86. The molecule has 2 N–H and O–H groups in total. The van der Waals surface area contributed by atoms with Gasteiger partial charge in [-0.2, -0.15) is 13.2 Å². The van der Waals surface area contributed by atoms with Crippen molar-refractivity contribution in [2.45, 2.75) is 26.1 Å². The summed E-state index contributed by atoms with van der Waals surface area (Å²) in [5.74, 6) is 0.785. The number of benzene rings is 1. The molecule has 0 aromatic heterocycles. The molecule has 5 nitrogen and oxygen atoms in total. The summed E-state index contributed by atoms with van der Waals surface area (Å²) in [6, 6.07) is 6.58. The average molecular weight is 347 g/mol. The van der Waals surface area contributed by atoms with E-state index in [2.05, 4.69) is 15.6 Å². The third-order valence-electron chi connectivity index (χ3n) is 2.93. The number of guanidine groups is 1. The van der Waals surface area contributed by atoms with E-state index < -0.39 is 12.8 Å². The van der Waals surface area contributed by atoms with Crippen LogP contribution in [0.25, 0.3) is 0 Å². The fourth-order valence-corrected chi connectivity index (χ4v) is 1.86. The van der Waals surface area contributed by atoms with E-state index in [0.29, 0.717) is 31.2 Å². The molecule has 0 amide bonds. The number of nitrogens with one attached hydrogen (secondary N) is 2. The van der Waals surface area contributed by atoms with Crippen LogP contribution in [0.2, 0.25) is 0 Å². The number of halogens is 3. The molecule has 136 valence electrons. The highest BCUT2D eigenvalue weighted by Gasteiger charge is 2.28. The molecule has 0 fully saturated rings. The van der Waals surface area contributed by atoms with Crippen LogP contribution in [0.3, 0.4) is 0 Å². The Morgan fingerprint density at radius 1 is 1.21 bits per heavy atom. The van der Waals surface area contributed by atoms with Gasteiger partial charge in [0.1, 0.15) is 5.75 Å². The molecule has 0 heterocycles. The zero-order valence-corrected chi connectivity index (χ0v) is 13.9. The lowest BCUT2D eigenvalue weighted by Gasteiger charge is -2.13. The molecule has 8 heteroatoms. The molecule has 1 aromatic rings. The van der Waals surface area contributed by atoms with E-state index in [4.69, 9.17) is 9.47 Å². The molecular formula is C16H24F3N3O2. The normalized spacial score (nSPS) is 12.1. The second-order valence-electron chi connectivity index (χ2n) is 4.98. The Bertz CT molecular complexity index is 508. The predicted octanol–water partition coefficient (Wildman–Crippen LogP) is 2.72. The second-order valence-corrected chi connectivity index (χ2v) is 4.98. The first kappa shape index (κ1) is 20.1. The number of hydrogen-bond donors (Lipinski definition) is 2. The molecule has 0 bridgehead atoms. The molecule has 24 heavy (non-hydrogen) atoms. The summed E-state index contributed by atoms with van der Waals surface area (Å²) in [5, 5.41) is 6.22. The third-order valence-corrected chi connectivity index (χ3v) is 2.93. The second kappa shape index (κ2) is 10.7. The van der Waals surface area contributed by atoms with E-state index in [0.717, 1.165) is 6.42 Å². The molecule has 0 aliphatic heterocycles. The van der Waals surface area contributed by atoms with Gasteiger partial charge >= 0.3 is 6.18 Å². The molecule has 0 aliphatic carbocycles. The number of ether oxygens (including phenoxy) is 2. The quantitative estimate of drug-likeness (QED) is 0.410. The van der Waals surface area contributed by atoms with Crippen molar-refractivity contribution in [3.63, 3.8) is 0 Å². The fraction of sp³-hybridized carbons (Fsp3) is 0.562. The number of alkyl halides is 3. The van der Waals surface area contributed by atoms with Gasteiger partial charge in [0.15, 0.2) is 12.6 Å². The highest BCUT2D eigenvalue weighted by atomic mass is 19.4. The first-order chi connectivity index (χ1) is 11.5. The van der Waals surface area contributed by atoms with Gasteiger partial charge in [-0.3, -0.25) is 0 Å². The highest BCUT2D eigenvalue weighted by Crippen LogP contribution is 2.22. The maximum atomic E-state index is 12.3. The topological polar surface area (TPSA) is 54.9 Å². The van der Waals surface area contributed by atoms with Gasteiger partial charge in [-0.25, -0.2) is 4.99 Å². The van der Waals surface area contributed by atoms with E-state index in [1.165, 1.54) is 6.07 Å². The lowest BCUT2D eigenvalue weighted by molar-refractivity contribution is -0.153. The highest BCUT2D eigenvalue weighted by molar-refractivity contribution is 5.79. The number of hydrogen-bond acceptors (Lipinski definition) is 3. The maximum Gasteiger partial charge on any atom is 0.422 e. The van der Waals surface area contributed by atoms with Gasteiger partial charge in [0.05, 0.1) is 6.54 Å². The van der Waals surface area contributed by atoms with Crippen molar-refractivity contribution in [1.82, 2.24) is 10.6 Å². The Hall–Kier alpha value is -1.96. The molecule has 1 aromatic carbocycles. The smallest absolute Gasteiger partial charge is 0.422 e. The summed E-state index contributed by atoms with van der Waals surface area (Å²) in [7, 11) is 1.64. The van der Waals surface area contributed by atoms with E-state index in [1.54, 1.807) is 25.3 Å². The molecule has 0 aliphatic rings. The summed E-state index contributed by atoms with van der Waals surface area (Å²) in [4.78, 5) is 4.38. The van der Waals surface area contributed by atoms with E-state index in [-0.39, 0.29) is 12.3 Å². The monoisotopic (exact) mass is 347 g/mol. The molecule has 1 rings (SSSR count). The van der Waals surface area contributed by atoms with Crippen molar-refractivity contribution in [1.29, 1.82) is 0 Å². The Morgan fingerprint density at radius 2 is 1.96 bits per heavy atom. The minimum atomic E-state index is -4.37. The molecule has 0 radical (unpaired) electrons. The number of rotatable bonds is 9.